The van der Waals surface area contributed by atoms with Gasteiger partial charge in [0.15, 0.2) is 0 Å². The fourth-order valence-electron chi connectivity index (χ4n) is 3.11. The molecule has 0 radical (unpaired) electrons. The largest absolute Gasteiger partial charge is 0.328 e. The van der Waals surface area contributed by atoms with Crippen molar-refractivity contribution in [3.05, 3.63) is 0 Å². The molecule has 2 heteroatoms. The minimum absolute atomic E-state index is 0.473. The average Bonchev–Trinajstić information content (AvgIpc) is 2.34. The highest BCUT2D eigenvalue weighted by Crippen LogP contribution is 2.24. The molecule has 17 heavy (non-hydrogen) atoms. The van der Waals surface area contributed by atoms with Crippen molar-refractivity contribution < 1.29 is 0 Å². The van der Waals surface area contributed by atoms with Crippen LogP contribution in [0.5, 0.6) is 0 Å². The Morgan fingerprint density at radius 3 is 2.41 bits per heavy atom. The van der Waals surface area contributed by atoms with E-state index in [4.69, 9.17) is 5.73 Å². The van der Waals surface area contributed by atoms with Gasteiger partial charge in [0, 0.05) is 19.1 Å². The van der Waals surface area contributed by atoms with Crippen LogP contribution < -0.4 is 5.73 Å². The molecule has 1 aliphatic carbocycles. The van der Waals surface area contributed by atoms with Crippen LogP contribution in [0.25, 0.3) is 0 Å². The molecule has 2 unspecified atom stereocenters. The van der Waals surface area contributed by atoms with E-state index < -0.39 is 0 Å². The van der Waals surface area contributed by atoms with Crippen molar-refractivity contribution in [2.24, 2.45) is 17.6 Å². The van der Waals surface area contributed by atoms with Gasteiger partial charge in [-0.3, -0.25) is 0 Å². The van der Waals surface area contributed by atoms with Crippen molar-refractivity contribution in [3.8, 4) is 0 Å². The van der Waals surface area contributed by atoms with Gasteiger partial charge in [-0.1, -0.05) is 40.0 Å². The summed E-state index contributed by atoms with van der Waals surface area (Å²) < 4.78 is 0. The molecule has 0 spiro atoms. The Balaban J connectivity index is 2.34. The van der Waals surface area contributed by atoms with Gasteiger partial charge in [-0.05, 0) is 37.6 Å². The van der Waals surface area contributed by atoms with Gasteiger partial charge >= 0.3 is 0 Å². The average molecular weight is 240 g/mol. The van der Waals surface area contributed by atoms with E-state index in [0.717, 1.165) is 11.8 Å². The summed E-state index contributed by atoms with van der Waals surface area (Å²) in [6.45, 7) is 10.7. The third-order valence-corrected chi connectivity index (χ3v) is 4.46. The molecule has 1 rings (SSSR count). The fraction of sp³-hybridized carbons (Fsp3) is 1.00. The SMILES string of the molecule is CCC(CC)CN(CC)CC1CCCC(N)C1. The first-order valence-corrected chi connectivity index (χ1v) is 7.67. The lowest BCUT2D eigenvalue weighted by atomic mass is 9.85. The quantitative estimate of drug-likeness (QED) is 0.740. The molecule has 1 aliphatic rings. The van der Waals surface area contributed by atoms with E-state index in [0.29, 0.717) is 6.04 Å². The predicted molar refractivity (Wildman–Crippen MR) is 76.1 cm³/mol. The topological polar surface area (TPSA) is 29.3 Å². The van der Waals surface area contributed by atoms with E-state index in [9.17, 15) is 0 Å². The molecule has 0 amide bonds. The lowest BCUT2D eigenvalue weighted by molar-refractivity contribution is 0.173. The van der Waals surface area contributed by atoms with Crippen LogP contribution in [-0.2, 0) is 0 Å². The van der Waals surface area contributed by atoms with Gasteiger partial charge in [0.1, 0.15) is 0 Å². The van der Waals surface area contributed by atoms with Crippen LogP contribution >= 0.6 is 0 Å². The van der Waals surface area contributed by atoms with Crippen molar-refractivity contribution >= 4 is 0 Å². The fourth-order valence-corrected chi connectivity index (χ4v) is 3.11. The molecule has 2 N–H and O–H groups in total. The van der Waals surface area contributed by atoms with Crippen LogP contribution in [0.2, 0.25) is 0 Å². The third kappa shape index (κ3) is 5.39. The normalized spacial score (nSPS) is 25.8. The van der Waals surface area contributed by atoms with Crippen LogP contribution in [0, 0.1) is 11.8 Å². The van der Waals surface area contributed by atoms with Gasteiger partial charge in [-0.2, -0.15) is 0 Å². The zero-order valence-corrected chi connectivity index (χ0v) is 12.1. The standard InChI is InChI=1S/C15H32N2/c1-4-13(5-2)11-17(6-3)12-14-8-7-9-15(16)10-14/h13-15H,4-12,16H2,1-3H3. The molecule has 0 heterocycles. The Bertz CT molecular complexity index is 189. The zero-order chi connectivity index (χ0) is 12.7. The van der Waals surface area contributed by atoms with Crippen molar-refractivity contribution in [1.29, 1.82) is 0 Å². The maximum Gasteiger partial charge on any atom is 0.00419 e. The third-order valence-electron chi connectivity index (χ3n) is 4.46. The molecular formula is C15H32N2. The molecule has 0 bridgehead atoms. The molecule has 102 valence electrons. The number of nitrogens with zero attached hydrogens (tertiary/aromatic N) is 1. The summed E-state index contributed by atoms with van der Waals surface area (Å²) in [7, 11) is 0. The van der Waals surface area contributed by atoms with E-state index in [2.05, 4.69) is 25.7 Å². The first-order valence-electron chi connectivity index (χ1n) is 7.67. The second-order valence-electron chi connectivity index (χ2n) is 5.83. The summed E-state index contributed by atoms with van der Waals surface area (Å²) in [5, 5.41) is 0. The highest BCUT2D eigenvalue weighted by atomic mass is 15.1. The Kier molecular flexibility index (Phi) is 7.14. The summed E-state index contributed by atoms with van der Waals surface area (Å²) in [5.74, 6) is 1.74. The van der Waals surface area contributed by atoms with Gasteiger partial charge in [-0.15, -0.1) is 0 Å². The van der Waals surface area contributed by atoms with Gasteiger partial charge in [0.2, 0.25) is 0 Å². The lowest BCUT2D eigenvalue weighted by Gasteiger charge is -2.33. The first kappa shape index (κ1) is 15.0. The Labute approximate surface area is 108 Å². The number of hydrogen-bond donors (Lipinski definition) is 1. The second kappa shape index (κ2) is 8.10. The number of nitrogens with two attached hydrogens (primary N) is 1. The highest BCUT2D eigenvalue weighted by Gasteiger charge is 2.21. The van der Waals surface area contributed by atoms with E-state index >= 15 is 0 Å². The van der Waals surface area contributed by atoms with Gasteiger partial charge in [-0.25, -0.2) is 0 Å². The van der Waals surface area contributed by atoms with Crippen molar-refractivity contribution in [2.45, 2.75) is 65.3 Å². The van der Waals surface area contributed by atoms with Crippen LogP contribution in [-0.4, -0.2) is 30.6 Å². The van der Waals surface area contributed by atoms with Crippen molar-refractivity contribution in [2.75, 3.05) is 19.6 Å². The summed E-state index contributed by atoms with van der Waals surface area (Å²) >= 11 is 0. The van der Waals surface area contributed by atoms with Gasteiger partial charge < -0.3 is 10.6 Å². The maximum atomic E-state index is 6.08. The van der Waals surface area contributed by atoms with Crippen LogP contribution in [0.1, 0.15) is 59.3 Å². The van der Waals surface area contributed by atoms with E-state index in [1.54, 1.807) is 0 Å². The summed E-state index contributed by atoms with van der Waals surface area (Å²) in [6, 6.07) is 0.473. The molecule has 1 fully saturated rings. The van der Waals surface area contributed by atoms with E-state index in [1.165, 1.54) is 58.2 Å². The molecule has 1 saturated carbocycles. The number of hydrogen-bond acceptors (Lipinski definition) is 2. The molecule has 0 aromatic heterocycles. The van der Waals surface area contributed by atoms with Crippen molar-refractivity contribution in [3.63, 3.8) is 0 Å². The Hall–Kier alpha value is -0.0800. The van der Waals surface area contributed by atoms with Crippen LogP contribution in [0.3, 0.4) is 0 Å². The van der Waals surface area contributed by atoms with Gasteiger partial charge in [0.25, 0.3) is 0 Å². The van der Waals surface area contributed by atoms with Crippen LogP contribution in [0.15, 0.2) is 0 Å². The molecule has 2 nitrogen and oxygen atoms in total. The minimum atomic E-state index is 0.473. The second-order valence-corrected chi connectivity index (χ2v) is 5.83. The van der Waals surface area contributed by atoms with E-state index in [-0.39, 0.29) is 0 Å². The van der Waals surface area contributed by atoms with Gasteiger partial charge in [0.05, 0.1) is 0 Å². The molecule has 0 aromatic rings. The molecule has 2 atom stereocenters. The molecule has 0 saturated heterocycles. The number of rotatable bonds is 7. The van der Waals surface area contributed by atoms with Crippen LogP contribution in [0.4, 0.5) is 0 Å². The summed E-state index contributed by atoms with van der Waals surface area (Å²) in [5.41, 5.74) is 6.08. The Morgan fingerprint density at radius 2 is 1.88 bits per heavy atom. The molecule has 0 aliphatic heterocycles. The zero-order valence-electron chi connectivity index (χ0n) is 12.1. The monoisotopic (exact) mass is 240 g/mol. The maximum absolute atomic E-state index is 6.08. The minimum Gasteiger partial charge on any atom is -0.328 e. The molecule has 0 aromatic carbocycles. The van der Waals surface area contributed by atoms with E-state index in [1.807, 2.05) is 0 Å². The summed E-state index contributed by atoms with van der Waals surface area (Å²) in [4.78, 5) is 2.65. The predicted octanol–water partition coefficient (Wildman–Crippen LogP) is 3.26. The Morgan fingerprint density at radius 1 is 1.18 bits per heavy atom. The first-order chi connectivity index (χ1) is 8.19. The smallest absolute Gasteiger partial charge is 0.00419 e. The van der Waals surface area contributed by atoms with Crippen molar-refractivity contribution in [1.82, 2.24) is 4.90 Å². The highest BCUT2D eigenvalue weighted by molar-refractivity contribution is 4.78. The molecular weight excluding hydrogens is 208 g/mol. The lowest BCUT2D eigenvalue weighted by Crippen LogP contribution is -2.37. The summed E-state index contributed by atoms with van der Waals surface area (Å²) in [6.07, 6.45) is 7.87.